The normalized spacial score (nSPS) is 13.3. The Hall–Kier alpha value is -1.24. The van der Waals surface area contributed by atoms with Gasteiger partial charge in [-0.1, -0.05) is 59.7 Å². The fraction of sp³-hybridized carbons (Fsp3) is 0.500. The molecule has 0 fully saturated rings. The van der Waals surface area contributed by atoms with E-state index >= 15 is 0 Å². The Morgan fingerprint density at radius 3 is 1.94 bits per heavy atom. The number of para-hydroxylation sites is 1. The maximum atomic E-state index is 5.83. The van der Waals surface area contributed by atoms with E-state index in [0.717, 1.165) is 5.58 Å². The van der Waals surface area contributed by atoms with Gasteiger partial charge in [-0.3, -0.25) is 0 Å². The quantitative estimate of drug-likeness (QED) is 0.618. The third-order valence-electron chi connectivity index (χ3n) is 3.22. The van der Waals surface area contributed by atoms with Crippen LogP contribution in [0.1, 0.15) is 52.7 Å². The molecular formula is C16H22O. The van der Waals surface area contributed by atoms with Gasteiger partial charge in [0.25, 0.3) is 0 Å². The standard InChI is InChI=1S/C16H22O/c1-15(2,3)12-9-7-8-11-13(16(4,5)6)10-17-14(11)12/h7-10H,1-6H3. The predicted molar refractivity (Wildman–Crippen MR) is 73.6 cm³/mol. The molecule has 0 unspecified atom stereocenters. The lowest BCUT2D eigenvalue weighted by Crippen LogP contribution is -2.12. The van der Waals surface area contributed by atoms with Gasteiger partial charge in [0.2, 0.25) is 0 Å². The van der Waals surface area contributed by atoms with Gasteiger partial charge in [0.1, 0.15) is 5.58 Å². The largest absolute Gasteiger partial charge is 0.464 e. The van der Waals surface area contributed by atoms with Gasteiger partial charge < -0.3 is 4.42 Å². The van der Waals surface area contributed by atoms with Crippen molar-refractivity contribution in [1.29, 1.82) is 0 Å². The van der Waals surface area contributed by atoms with E-state index in [9.17, 15) is 0 Å². The molecule has 0 aliphatic heterocycles. The average Bonchev–Trinajstić information content (AvgIpc) is 2.57. The predicted octanol–water partition coefficient (Wildman–Crippen LogP) is 5.03. The average molecular weight is 230 g/mol. The van der Waals surface area contributed by atoms with Gasteiger partial charge in [0.05, 0.1) is 6.26 Å². The molecule has 0 atom stereocenters. The molecule has 1 aromatic carbocycles. The van der Waals surface area contributed by atoms with Crippen molar-refractivity contribution >= 4 is 11.0 Å². The molecule has 0 aliphatic carbocycles. The van der Waals surface area contributed by atoms with E-state index in [4.69, 9.17) is 4.42 Å². The van der Waals surface area contributed by atoms with Crippen molar-refractivity contribution in [2.24, 2.45) is 0 Å². The highest BCUT2D eigenvalue weighted by Gasteiger charge is 2.24. The molecule has 0 amide bonds. The maximum absolute atomic E-state index is 5.83. The molecule has 0 radical (unpaired) electrons. The van der Waals surface area contributed by atoms with Gasteiger partial charge in [-0.15, -0.1) is 0 Å². The SMILES string of the molecule is CC(C)(C)c1coc2c(C(C)(C)C)cccc12. The van der Waals surface area contributed by atoms with Gasteiger partial charge in [-0.05, 0) is 10.8 Å². The number of rotatable bonds is 0. The third kappa shape index (κ3) is 2.11. The summed E-state index contributed by atoms with van der Waals surface area (Å²) < 4.78 is 5.83. The van der Waals surface area contributed by atoms with Crippen molar-refractivity contribution in [3.05, 3.63) is 35.6 Å². The molecule has 1 heteroatoms. The van der Waals surface area contributed by atoms with Crippen LogP contribution in [0.25, 0.3) is 11.0 Å². The fourth-order valence-electron chi connectivity index (χ4n) is 2.23. The second kappa shape index (κ2) is 3.63. The van der Waals surface area contributed by atoms with E-state index in [0.29, 0.717) is 0 Å². The van der Waals surface area contributed by atoms with Gasteiger partial charge in [0.15, 0.2) is 0 Å². The van der Waals surface area contributed by atoms with E-state index < -0.39 is 0 Å². The summed E-state index contributed by atoms with van der Waals surface area (Å²) >= 11 is 0. The first kappa shape index (κ1) is 12.2. The Kier molecular flexibility index (Phi) is 2.61. The van der Waals surface area contributed by atoms with Crippen LogP contribution >= 0.6 is 0 Å². The van der Waals surface area contributed by atoms with Crippen molar-refractivity contribution in [2.75, 3.05) is 0 Å². The van der Waals surface area contributed by atoms with Crippen LogP contribution in [0.3, 0.4) is 0 Å². The molecule has 92 valence electrons. The molecule has 1 nitrogen and oxygen atoms in total. The monoisotopic (exact) mass is 230 g/mol. The molecule has 0 spiro atoms. The first-order chi connectivity index (χ1) is 7.71. The summed E-state index contributed by atoms with van der Waals surface area (Å²) in [5, 5.41) is 1.25. The summed E-state index contributed by atoms with van der Waals surface area (Å²) in [5.41, 5.74) is 3.86. The molecule has 0 saturated carbocycles. The number of benzene rings is 1. The second-order valence-corrected chi connectivity index (χ2v) is 6.83. The first-order valence-corrected chi connectivity index (χ1v) is 6.22. The summed E-state index contributed by atoms with van der Waals surface area (Å²) in [6.07, 6.45) is 1.92. The molecule has 1 heterocycles. The highest BCUT2D eigenvalue weighted by molar-refractivity contribution is 5.85. The molecule has 0 N–H and O–H groups in total. The van der Waals surface area contributed by atoms with Crippen LogP contribution in [-0.4, -0.2) is 0 Å². The summed E-state index contributed by atoms with van der Waals surface area (Å²) in [7, 11) is 0. The summed E-state index contributed by atoms with van der Waals surface area (Å²) in [4.78, 5) is 0. The topological polar surface area (TPSA) is 13.1 Å². The smallest absolute Gasteiger partial charge is 0.137 e. The van der Waals surface area contributed by atoms with E-state index in [1.807, 2.05) is 6.26 Å². The van der Waals surface area contributed by atoms with Crippen molar-refractivity contribution in [2.45, 2.75) is 52.4 Å². The molecule has 0 aliphatic rings. The molecule has 0 bridgehead atoms. The molecule has 17 heavy (non-hydrogen) atoms. The Bertz CT molecular complexity index is 533. The summed E-state index contributed by atoms with van der Waals surface area (Å²) in [5.74, 6) is 0. The lowest BCUT2D eigenvalue weighted by atomic mass is 9.83. The number of fused-ring (bicyclic) bond motifs is 1. The Morgan fingerprint density at radius 1 is 0.824 bits per heavy atom. The minimum atomic E-state index is 0.118. The highest BCUT2D eigenvalue weighted by atomic mass is 16.3. The van der Waals surface area contributed by atoms with E-state index in [1.54, 1.807) is 0 Å². The Balaban J connectivity index is 2.74. The van der Waals surface area contributed by atoms with Crippen molar-refractivity contribution in [3.63, 3.8) is 0 Å². The number of hydrogen-bond acceptors (Lipinski definition) is 1. The summed E-state index contributed by atoms with van der Waals surface area (Å²) in [6, 6.07) is 6.46. The lowest BCUT2D eigenvalue weighted by Gasteiger charge is -2.20. The molecule has 2 aromatic rings. The zero-order chi connectivity index (χ0) is 12.8. The Morgan fingerprint density at radius 2 is 1.41 bits per heavy atom. The number of furan rings is 1. The second-order valence-electron chi connectivity index (χ2n) is 6.83. The Labute approximate surface area is 104 Å². The zero-order valence-corrected chi connectivity index (χ0v) is 11.7. The summed E-state index contributed by atoms with van der Waals surface area (Å²) in [6.45, 7) is 13.3. The molecule has 2 rings (SSSR count). The van der Waals surface area contributed by atoms with Crippen LogP contribution in [0.15, 0.2) is 28.9 Å². The van der Waals surface area contributed by atoms with E-state index in [1.165, 1.54) is 16.5 Å². The molecular weight excluding hydrogens is 208 g/mol. The number of hydrogen-bond donors (Lipinski definition) is 0. The van der Waals surface area contributed by atoms with Gasteiger partial charge >= 0.3 is 0 Å². The van der Waals surface area contributed by atoms with Crippen LogP contribution in [0, 0.1) is 0 Å². The van der Waals surface area contributed by atoms with Crippen LogP contribution in [-0.2, 0) is 10.8 Å². The van der Waals surface area contributed by atoms with Crippen molar-refractivity contribution in [1.82, 2.24) is 0 Å². The van der Waals surface area contributed by atoms with Crippen molar-refractivity contribution < 1.29 is 4.42 Å². The van der Waals surface area contributed by atoms with Crippen LogP contribution < -0.4 is 0 Å². The fourth-order valence-corrected chi connectivity index (χ4v) is 2.23. The van der Waals surface area contributed by atoms with Crippen molar-refractivity contribution in [3.8, 4) is 0 Å². The first-order valence-electron chi connectivity index (χ1n) is 6.22. The van der Waals surface area contributed by atoms with Crippen LogP contribution in [0.4, 0.5) is 0 Å². The highest BCUT2D eigenvalue weighted by Crippen LogP contribution is 2.36. The van der Waals surface area contributed by atoms with Crippen LogP contribution in [0.5, 0.6) is 0 Å². The van der Waals surface area contributed by atoms with E-state index in [2.05, 4.69) is 59.7 Å². The van der Waals surface area contributed by atoms with Gasteiger partial charge in [-0.2, -0.15) is 0 Å². The van der Waals surface area contributed by atoms with Gasteiger partial charge in [0, 0.05) is 16.5 Å². The lowest BCUT2D eigenvalue weighted by molar-refractivity contribution is 0.541. The van der Waals surface area contributed by atoms with Crippen LogP contribution in [0.2, 0.25) is 0 Å². The molecule has 0 saturated heterocycles. The van der Waals surface area contributed by atoms with E-state index in [-0.39, 0.29) is 10.8 Å². The van der Waals surface area contributed by atoms with Gasteiger partial charge in [-0.25, -0.2) is 0 Å². The molecule has 1 aromatic heterocycles. The minimum absolute atomic E-state index is 0.118. The minimum Gasteiger partial charge on any atom is -0.464 e. The third-order valence-corrected chi connectivity index (χ3v) is 3.22. The maximum Gasteiger partial charge on any atom is 0.137 e. The zero-order valence-electron chi connectivity index (χ0n) is 11.7.